The minimum Gasteiger partial charge on any atom is -0.481 e. The monoisotopic (exact) mass is 354 g/mol. The van der Waals surface area contributed by atoms with Crippen LogP contribution in [-0.4, -0.2) is 21.2 Å². The van der Waals surface area contributed by atoms with Crippen molar-refractivity contribution in [1.82, 2.24) is 10.1 Å². The van der Waals surface area contributed by atoms with E-state index in [1.165, 1.54) is 0 Å². The number of aryl methyl sites for hydroxylation is 1. The SMILES string of the molecule is O=C(O)CCc1nc(-c2cc(C(F)(F)F)cc(C(F)(F)F)c2)no1. The number of carboxylic acids is 1. The molecule has 0 atom stereocenters. The molecule has 1 aromatic heterocycles. The summed E-state index contributed by atoms with van der Waals surface area (Å²) in [6.07, 6.45) is -10.6. The zero-order valence-corrected chi connectivity index (χ0v) is 11.6. The van der Waals surface area contributed by atoms with E-state index < -0.39 is 40.8 Å². The van der Waals surface area contributed by atoms with Gasteiger partial charge >= 0.3 is 18.3 Å². The summed E-state index contributed by atoms with van der Waals surface area (Å²) in [4.78, 5) is 14.0. The van der Waals surface area contributed by atoms with Crippen LogP contribution in [0, 0.1) is 0 Å². The second-order valence-corrected chi connectivity index (χ2v) is 4.70. The summed E-state index contributed by atoms with van der Waals surface area (Å²) in [7, 11) is 0. The van der Waals surface area contributed by atoms with E-state index in [0.29, 0.717) is 12.1 Å². The van der Waals surface area contributed by atoms with E-state index in [4.69, 9.17) is 5.11 Å². The number of hydrogen-bond donors (Lipinski definition) is 1. The normalized spacial score (nSPS) is 12.4. The Morgan fingerprint density at radius 2 is 1.58 bits per heavy atom. The molecule has 1 heterocycles. The average Bonchev–Trinajstić information content (AvgIpc) is 2.91. The van der Waals surface area contributed by atoms with Crippen LogP contribution in [0.4, 0.5) is 26.3 Å². The van der Waals surface area contributed by atoms with Crippen molar-refractivity contribution in [3.05, 3.63) is 35.2 Å². The number of aromatic nitrogens is 2. The fraction of sp³-hybridized carbons (Fsp3) is 0.308. The Kier molecular flexibility index (Phi) is 4.54. The lowest BCUT2D eigenvalue weighted by Gasteiger charge is -2.12. The number of benzene rings is 1. The van der Waals surface area contributed by atoms with Crippen molar-refractivity contribution in [2.45, 2.75) is 25.2 Å². The Bertz CT molecular complexity index is 719. The fourth-order valence-electron chi connectivity index (χ4n) is 1.77. The van der Waals surface area contributed by atoms with Crippen LogP contribution in [0.3, 0.4) is 0 Å². The minimum atomic E-state index is -4.99. The summed E-state index contributed by atoms with van der Waals surface area (Å²) in [5.41, 5.74) is -3.56. The van der Waals surface area contributed by atoms with Gasteiger partial charge in [-0.3, -0.25) is 4.79 Å². The first kappa shape index (κ1) is 17.8. The Morgan fingerprint density at radius 3 is 2.04 bits per heavy atom. The summed E-state index contributed by atoms with van der Waals surface area (Å²) in [6.45, 7) is 0. The van der Waals surface area contributed by atoms with Gasteiger partial charge in [-0.2, -0.15) is 31.3 Å². The lowest BCUT2D eigenvalue weighted by atomic mass is 10.0. The van der Waals surface area contributed by atoms with Gasteiger partial charge in [0.25, 0.3) is 0 Å². The van der Waals surface area contributed by atoms with E-state index in [1.54, 1.807) is 0 Å². The van der Waals surface area contributed by atoms with E-state index in [0.717, 1.165) is 0 Å². The first-order valence-electron chi connectivity index (χ1n) is 6.31. The van der Waals surface area contributed by atoms with Crippen molar-refractivity contribution in [2.24, 2.45) is 0 Å². The van der Waals surface area contributed by atoms with Crippen LogP contribution in [0.15, 0.2) is 22.7 Å². The van der Waals surface area contributed by atoms with E-state index in [2.05, 4.69) is 14.7 Å². The van der Waals surface area contributed by atoms with Gasteiger partial charge in [-0.25, -0.2) is 0 Å². The van der Waals surface area contributed by atoms with Crippen LogP contribution in [0.5, 0.6) is 0 Å². The Labute approximate surface area is 129 Å². The van der Waals surface area contributed by atoms with Crippen molar-refractivity contribution in [3.8, 4) is 11.4 Å². The second-order valence-electron chi connectivity index (χ2n) is 4.70. The molecule has 0 amide bonds. The van der Waals surface area contributed by atoms with Gasteiger partial charge in [0.2, 0.25) is 11.7 Å². The zero-order valence-electron chi connectivity index (χ0n) is 11.6. The van der Waals surface area contributed by atoms with Gasteiger partial charge in [0.05, 0.1) is 17.5 Å². The Hall–Kier alpha value is -2.59. The molecule has 0 unspecified atom stereocenters. The molecule has 0 aliphatic rings. The van der Waals surface area contributed by atoms with Crippen LogP contribution in [-0.2, 0) is 23.6 Å². The number of hydrogen-bond acceptors (Lipinski definition) is 4. The first-order valence-corrected chi connectivity index (χ1v) is 6.31. The zero-order chi connectivity index (χ0) is 18.1. The van der Waals surface area contributed by atoms with Crippen LogP contribution in [0.2, 0.25) is 0 Å². The Balaban J connectivity index is 2.44. The van der Waals surface area contributed by atoms with Crippen LogP contribution in [0.1, 0.15) is 23.4 Å². The van der Waals surface area contributed by atoms with Crippen LogP contribution < -0.4 is 0 Å². The minimum absolute atomic E-state index is 0.0189. The molecule has 0 spiro atoms. The van der Waals surface area contributed by atoms with Gasteiger partial charge in [0, 0.05) is 12.0 Å². The summed E-state index contributed by atoms with van der Waals surface area (Å²) < 4.78 is 81.3. The lowest BCUT2D eigenvalue weighted by Crippen LogP contribution is -2.11. The molecule has 1 N–H and O–H groups in total. The number of rotatable bonds is 4. The number of nitrogens with zero attached hydrogens (tertiary/aromatic N) is 2. The molecular weight excluding hydrogens is 346 g/mol. The highest BCUT2D eigenvalue weighted by molar-refractivity contribution is 5.66. The predicted molar refractivity (Wildman–Crippen MR) is 65.7 cm³/mol. The summed E-state index contributed by atoms with van der Waals surface area (Å²) in [5.74, 6) is -1.88. The summed E-state index contributed by atoms with van der Waals surface area (Å²) in [5, 5.41) is 11.8. The maximum atomic E-state index is 12.8. The molecule has 0 aliphatic heterocycles. The van der Waals surface area contributed by atoms with E-state index >= 15 is 0 Å². The van der Waals surface area contributed by atoms with Crippen LogP contribution in [0.25, 0.3) is 11.4 Å². The summed E-state index contributed by atoms with van der Waals surface area (Å²) in [6, 6.07) is 0.900. The third-order valence-electron chi connectivity index (χ3n) is 2.87. The van der Waals surface area contributed by atoms with Crippen molar-refractivity contribution in [1.29, 1.82) is 0 Å². The molecular formula is C13H8F6N2O3. The molecule has 130 valence electrons. The molecule has 11 heteroatoms. The molecule has 0 bridgehead atoms. The number of alkyl halides is 6. The van der Waals surface area contributed by atoms with Gasteiger partial charge in [-0.15, -0.1) is 0 Å². The highest BCUT2D eigenvalue weighted by Crippen LogP contribution is 2.38. The Morgan fingerprint density at radius 1 is 1.04 bits per heavy atom. The standard InChI is InChI=1S/C13H8F6N2O3/c14-12(15,16)7-3-6(4-8(5-7)13(17,18)19)11-20-9(24-21-11)1-2-10(22)23/h3-5H,1-2H2,(H,22,23). The molecule has 1 aromatic carbocycles. The maximum Gasteiger partial charge on any atom is 0.416 e. The number of halogens is 6. The summed E-state index contributed by atoms with van der Waals surface area (Å²) >= 11 is 0. The molecule has 2 rings (SSSR count). The molecule has 0 aliphatic carbocycles. The predicted octanol–water partition coefficient (Wildman–Crippen LogP) is 3.79. The number of carboxylic acid groups (broad SMARTS) is 1. The van der Waals surface area contributed by atoms with Crippen molar-refractivity contribution < 1.29 is 40.8 Å². The van der Waals surface area contributed by atoms with E-state index in [1.807, 2.05) is 0 Å². The van der Waals surface area contributed by atoms with Gasteiger partial charge in [0.1, 0.15) is 0 Å². The number of carbonyl (C=O) groups is 1. The number of aliphatic carboxylic acids is 1. The van der Waals surface area contributed by atoms with Gasteiger partial charge in [-0.05, 0) is 18.2 Å². The van der Waals surface area contributed by atoms with E-state index in [9.17, 15) is 31.1 Å². The molecule has 0 saturated carbocycles. The molecule has 0 radical (unpaired) electrons. The van der Waals surface area contributed by atoms with Crippen LogP contribution >= 0.6 is 0 Å². The quantitative estimate of drug-likeness (QED) is 0.846. The smallest absolute Gasteiger partial charge is 0.416 e. The molecule has 0 saturated heterocycles. The highest BCUT2D eigenvalue weighted by atomic mass is 19.4. The first-order chi connectivity index (χ1) is 11.0. The second kappa shape index (κ2) is 6.13. The van der Waals surface area contributed by atoms with Crippen molar-refractivity contribution in [2.75, 3.05) is 0 Å². The lowest BCUT2D eigenvalue weighted by molar-refractivity contribution is -0.143. The molecule has 24 heavy (non-hydrogen) atoms. The third-order valence-corrected chi connectivity index (χ3v) is 2.87. The third kappa shape index (κ3) is 4.24. The fourth-order valence-corrected chi connectivity index (χ4v) is 1.77. The molecule has 2 aromatic rings. The maximum absolute atomic E-state index is 12.8. The average molecular weight is 354 g/mol. The van der Waals surface area contributed by atoms with Crippen molar-refractivity contribution in [3.63, 3.8) is 0 Å². The van der Waals surface area contributed by atoms with E-state index in [-0.39, 0.29) is 24.8 Å². The van der Waals surface area contributed by atoms with Gasteiger partial charge in [-0.1, -0.05) is 5.16 Å². The largest absolute Gasteiger partial charge is 0.481 e. The van der Waals surface area contributed by atoms with Gasteiger partial charge in [0.15, 0.2) is 0 Å². The van der Waals surface area contributed by atoms with Gasteiger partial charge < -0.3 is 9.63 Å². The molecule has 0 fully saturated rings. The topological polar surface area (TPSA) is 76.2 Å². The molecule has 5 nitrogen and oxygen atoms in total. The highest BCUT2D eigenvalue weighted by Gasteiger charge is 2.37. The van der Waals surface area contributed by atoms with Crippen molar-refractivity contribution >= 4 is 5.97 Å².